The molecular formula is C13H10N4O. The number of nitrogens with zero attached hydrogens (tertiary/aromatic N) is 4. The van der Waals surface area contributed by atoms with Crippen molar-refractivity contribution in [1.29, 1.82) is 0 Å². The van der Waals surface area contributed by atoms with E-state index in [1.165, 1.54) is 0 Å². The average Bonchev–Trinajstić information content (AvgIpc) is 2.87. The van der Waals surface area contributed by atoms with Gasteiger partial charge in [-0.25, -0.2) is 0 Å². The molecule has 88 valence electrons. The molecule has 0 aromatic carbocycles. The van der Waals surface area contributed by atoms with Crippen LogP contribution in [0.5, 0.6) is 0 Å². The Morgan fingerprint density at radius 3 is 2.50 bits per heavy atom. The van der Waals surface area contributed by atoms with E-state index in [1.54, 1.807) is 25.5 Å². The highest BCUT2D eigenvalue weighted by Gasteiger charge is 2.08. The summed E-state index contributed by atoms with van der Waals surface area (Å²) in [5.74, 6) is 1.12. The number of rotatable bonds is 2. The predicted octanol–water partition coefficient (Wildman–Crippen LogP) is 2.50. The fraction of sp³-hybridized carbons (Fsp3) is 0.0769. The maximum atomic E-state index is 5.14. The van der Waals surface area contributed by atoms with Crippen molar-refractivity contribution in [2.45, 2.75) is 6.92 Å². The van der Waals surface area contributed by atoms with Crippen LogP contribution in [0.25, 0.3) is 22.7 Å². The molecule has 0 aliphatic rings. The Balaban J connectivity index is 2.05. The Bertz CT molecular complexity index is 664. The number of hydrogen-bond acceptors (Lipinski definition) is 5. The second kappa shape index (κ2) is 4.37. The molecule has 0 aliphatic heterocycles. The molecule has 3 aromatic heterocycles. The zero-order chi connectivity index (χ0) is 12.4. The molecule has 3 heterocycles. The van der Waals surface area contributed by atoms with Crippen molar-refractivity contribution in [3.8, 4) is 22.7 Å². The second-order valence-electron chi connectivity index (χ2n) is 3.81. The van der Waals surface area contributed by atoms with Crippen LogP contribution in [-0.4, -0.2) is 20.1 Å². The van der Waals surface area contributed by atoms with E-state index in [0.29, 0.717) is 11.7 Å². The number of aryl methyl sites for hydroxylation is 1. The van der Waals surface area contributed by atoms with Gasteiger partial charge in [-0.1, -0.05) is 5.16 Å². The maximum absolute atomic E-state index is 5.14. The van der Waals surface area contributed by atoms with Crippen molar-refractivity contribution in [3.05, 3.63) is 48.7 Å². The smallest absolute Gasteiger partial charge is 0.258 e. The van der Waals surface area contributed by atoms with E-state index in [2.05, 4.69) is 20.1 Å². The molecule has 0 saturated carbocycles. The van der Waals surface area contributed by atoms with E-state index in [4.69, 9.17) is 4.52 Å². The zero-order valence-corrected chi connectivity index (χ0v) is 9.74. The molecule has 0 spiro atoms. The van der Waals surface area contributed by atoms with Gasteiger partial charge >= 0.3 is 0 Å². The fourth-order valence-electron chi connectivity index (χ4n) is 1.66. The van der Waals surface area contributed by atoms with Crippen LogP contribution in [0.15, 0.2) is 47.4 Å². The molecule has 0 N–H and O–H groups in total. The van der Waals surface area contributed by atoms with Crippen LogP contribution in [0.3, 0.4) is 0 Å². The van der Waals surface area contributed by atoms with Crippen molar-refractivity contribution in [3.63, 3.8) is 0 Å². The van der Waals surface area contributed by atoms with Gasteiger partial charge in [0.25, 0.3) is 5.89 Å². The van der Waals surface area contributed by atoms with Crippen LogP contribution < -0.4 is 0 Å². The first-order chi connectivity index (χ1) is 8.83. The molecular weight excluding hydrogens is 228 g/mol. The number of pyridine rings is 2. The summed E-state index contributed by atoms with van der Waals surface area (Å²) >= 11 is 0. The number of aromatic nitrogens is 4. The molecule has 3 aromatic rings. The maximum Gasteiger partial charge on any atom is 0.258 e. The van der Waals surface area contributed by atoms with Gasteiger partial charge < -0.3 is 4.52 Å². The summed E-state index contributed by atoms with van der Waals surface area (Å²) in [5.41, 5.74) is 2.71. The fourth-order valence-corrected chi connectivity index (χ4v) is 1.66. The van der Waals surface area contributed by atoms with Gasteiger partial charge in [0.15, 0.2) is 5.82 Å². The standard InChI is InChI=1S/C13H10N4O/c1-9-16-13(18-17-9)11-4-7-15-12(8-11)10-2-5-14-6-3-10/h2-8H,1H3. The monoisotopic (exact) mass is 238 g/mol. The number of hydrogen-bond donors (Lipinski definition) is 0. The van der Waals surface area contributed by atoms with Crippen LogP contribution in [-0.2, 0) is 0 Å². The van der Waals surface area contributed by atoms with Gasteiger partial charge in [0.05, 0.1) is 5.69 Å². The van der Waals surface area contributed by atoms with Gasteiger partial charge in [-0.3, -0.25) is 9.97 Å². The third-order valence-corrected chi connectivity index (χ3v) is 2.51. The molecule has 0 bridgehead atoms. The first-order valence-corrected chi connectivity index (χ1v) is 5.50. The molecule has 0 saturated heterocycles. The Kier molecular flexibility index (Phi) is 2.57. The molecule has 0 atom stereocenters. The molecule has 0 aliphatic carbocycles. The van der Waals surface area contributed by atoms with Gasteiger partial charge in [-0.15, -0.1) is 0 Å². The highest BCUT2D eigenvalue weighted by Crippen LogP contribution is 2.22. The van der Waals surface area contributed by atoms with Gasteiger partial charge in [-0.2, -0.15) is 4.98 Å². The van der Waals surface area contributed by atoms with Crippen molar-refractivity contribution >= 4 is 0 Å². The summed E-state index contributed by atoms with van der Waals surface area (Å²) < 4.78 is 5.14. The normalized spacial score (nSPS) is 10.5. The third-order valence-electron chi connectivity index (χ3n) is 2.51. The van der Waals surface area contributed by atoms with E-state index in [9.17, 15) is 0 Å². The van der Waals surface area contributed by atoms with Crippen molar-refractivity contribution < 1.29 is 4.52 Å². The van der Waals surface area contributed by atoms with Gasteiger partial charge in [0.1, 0.15) is 0 Å². The summed E-state index contributed by atoms with van der Waals surface area (Å²) in [5, 5.41) is 3.78. The predicted molar refractivity (Wildman–Crippen MR) is 65.5 cm³/mol. The topological polar surface area (TPSA) is 64.7 Å². The lowest BCUT2D eigenvalue weighted by molar-refractivity contribution is 0.425. The van der Waals surface area contributed by atoms with Crippen LogP contribution in [0.4, 0.5) is 0 Å². The van der Waals surface area contributed by atoms with E-state index in [1.807, 2.05) is 24.3 Å². The van der Waals surface area contributed by atoms with E-state index < -0.39 is 0 Å². The van der Waals surface area contributed by atoms with Crippen LogP contribution >= 0.6 is 0 Å². The average molecular weight is 238 g/mol. The second-order valence-corrected chi connectivity index (χ2v) is 3.81. The lowest BCUT2D eigenvalue weighted by Gasteiger charge is -2.01. The highest BCUT2D eigenvalue weighted by molar-refractivity contribution is 5.65. The molecule has 5 nitrogen and oxygen atoms in total. The van der Waals surface area contributed by atoms with Crippen LogP contribution in [0.2, 0.25) is 0 Å². The SMILES string of the molecule is Cc1noc(-c2ccnc(-c3ccncc3)c2)n1. The summed E-state index contributed by atoms with van der Waals surface area (Å²) in [7, 11) is 0. The highest BCUT2D eigenvalue weighted by atomic mass is 16.5. The largest absolute Gasteiger partial charge is 0.334 e. The molecule has 5 heteroatoms. The third kappa shape index (κ3) is 1.98. The Morgan fingerprint density at radius 1 is 1.00 bits per heavy atom. The van der Waals surface area contributed by atoms with Crippen molar-refractivity contribution in [2.24, 2.45) is 0 Å². The van der Waals surface area contributed by atoms with Crippen LogP contribution in [0, 0.1) is 6.92 Å². The van der Waals surface area contributed by atoms with E-state index in [0.717, 1.165) is 16.8 Å². The van der Waals surface area contributed by atoms with E-state index in [-0.39, 0.29) is 0 Å². The molecule has 3 rings (SSSR count). The van der Waals surface area contributed by atoms with Crippen molar-refractivity contribution in [1.82, 2.24) is 20.1 Å². The molecule has 18 heavy (non-hydrogen) atoms. The lowest BCUT2D eigenvalue weighted by Crippen LogP contribution is -1.86. The van der Waals surface area contributed by atoms with Gasteiger partial charge in [0, 0.05) is 29.7 Å². The molecule has 0 unspecified atom stereocenters. The van der Waals surface area contributed by atoms with Crippen molar-refractivity contribution in [2.75, 3.05) is 0 Å². The first kappa shape index (κ1) is 10.6. The molecule has 0 radical (unpaired) electrons. The molecule has 0 fully saturated rings. The Hall–Kier alpha value is -2.56. The minimum Gasteiger partial charge on any atom is -0.334 e. The zero-order valence-electron chi connectivity index (χ0n) is 9.74. The quantitative estimate of drug-likeness (QED) is 0.686. The lowest BCUT2D eigenvalue weighted by atomic mass is 10.1. The summed E-state index contributed by atoms with van der Waals surface area (Å²) in [6.07, 6.45) is 5.20. The van der Waals surface area contributed by atoms with E-state index >= 15 is 0 Å². The summed E-state index contributed by atoms with van der Waals surface area (Å²) in [6, 6.07) is 7.58. The summed E-state index contributed by atoms with van der Waals surface area (Å²) in [6.45, 7) is 1.79. The first-order valence-electron chi connectivity index (χ1n) is 5.50. The molecule has 0 amide bonds. The Labute approximate surface area is 104 Å². The Morgan fingerprint density at radius 2 is 1.78 bits per heavy atom. The van der Waals surface area contributed by atoms with Gasteiger partial charge in [0.2, 0.25) is 0 Å². The van der Waals surface area contributed by atoms with Crippen LogP contribution in [0.1, 0.15) is 5.82 Å². The minimum absolute atomic E-state index is 0.505. The minimum atomic E-state index is 0.505. The van der Waals surface area contributed by atoms with Gasteiger partial charge in [-0.05, 0) is 31.2 Å². The summed E-state index contributed by atoms with van der Waals surface area (Å²) in [4.78, 5) is 12.5.